The van der Waals surface area contributed by atoms with Crippen LogP contribution in [-0.2, 0) is 0 Å². The summed E-state index contributed by atoms with van der Waals surface area (Å²) in [5, 5.41) is 3.53. The lowest BCUT2D eigenvalue weighted by atomic mass is 9.76. The first-order valence-electron chi connectivity index (χ1n) is 7.74. The fourth-order valence-corrected chi connectivity index (χ4v) is 4.67. The van der Waals surface area contributed by atoms with Gasteiger partial charge in [0.15, 0.2) is 0 Å². The molecule has 3 rings (SSSR count). The van der Waals surface area contributed by atoms with Crippen LogP contribution >= 0.6 is 0 Å². The molecule has 0 radical (unpaired) electrons. The maximum Gasteiger partial charge on any atom is 0.0249 e. The Balaban J connectivity index is 1.57. The van der Waals surface area contributed by atoms with Crippen LogP contribution in [-0.4, -0.2) is 37.1 Å². The second-order valence-corrected chi connectivity index (χ2v) is 6.64. The van der Waals surface area contributed by atoms with Crippen molar-refractivity contribution >= 4 is 0 Å². The number of nitrogens with zero attached hydrogens (tertiary/aromatic N) is 1. The van der Waals surface area contributed by atoms with Crippen molar-refractivity contribution in [2.75, 3.05) is 20.1 Å². The molecule has 2 heteroatoms. The zero-order chi connectivity index (χ0) is 11.7. The van der Waals surface area contributed by atoms with Crippen molar-refractivity contribution < 1.29 is 0 Å². The first-order valence-corrected chi connectivity index (χ1v) is 7.74. The van der Waals surface area contributed by atoms with Crippen molar-refractivity contribution in [2.45, 2.75) is 69.9 Å². The van der Waals surface area contributed by atoms with Gasteiger partial charge in [-0.25, -0.2) is 0 Å². The summed E-state index contributed by atoms with van der Waals surface area (Å²) < 4.78 is 0. The topological polar surface area (TPSA) is 15.3 Å². The molecule has 0 aromatic rings. The van der Waals surface area contributed by atoms with Gasteiger partial charge in [0.2, 0.25) is 0 Å². The van der Waals surface area contributed by atoms with Gasteiger partial charge in [-0.1, -0.05) is 19.3 Å². The van der Waals surface area contributed by atoms with Crippen LogP contribution in [0.3, 0.4) is 0 Å². The van der Waals surface area contributed by atoms with Crippen molar-refractivity contribution in [3.8, 4) is 0 Å². The predicted octanol–water partition coefficient (Wildman–Crippen LogP) is 2.78. The SMILES string of the molecule is CNC1CCCC1N1CCC2(CCCC2)CC1. The summed E-state index contributed by atoms with van der Waals surface area (Å²) in [6.45, 7) is 2.76. The number of nitrogens with one attached hydrogen (secondary N) is 1. The molecule has 2 atom stereocenters. The molecule has 1 N–H and O–H groups in total. The van der Waals surface area contributed by atoms with E-state index in [0.29, 0.717) is 0 Å². The molecular weight excluding hydrogens is 208 g/mol. The molecule has 98 valence electrons. The highest BCUT2D eigenvalue weighted by molar-refractivity contribution is 4.95. The molecule has 2 unspecified atom stereocenters. The smallest absolute Gasteiger partial charge is 0.0249 e. The maximum absolute atomic E-state index is 3.53. The number of piperidine rings is 1. The Labute approximate surface area is 106 Å². The number of likely N-dealkylation sites (tertiary alicyclic amines) is 1. The van der Waals surface area contributed by atoms with Crippen LogP contribution < -0.4 is 5.32 Å². The Kier molecular flexibility index (Phi) is 3.45. The molecule has 1 spiro atoms. The Bertz CT molecular complexity index is 248. The van der Waals surface area contributed by atoms with Crippen molar-refractivity contribution in [3.63, 3.8) is 0 Å². The average Bonchev–Trinajstić information content (AvgIpc) is 3.00. The van der Waals surface area contributed by atoms with E-state index < -0.39 is 0 Å². The van der Waals surface area contributed by atoms with Gasteiger partial charge in [0.1, 0.15) is 0 Å². The van der Waals surface area contributed by atoms with Crippen molar-refractivity contribution in [2.24, 2.45) is 5.41 Å². The van der Waals surface area contributed by atoms with E-state index in [9.17, 15) is 0 Å². The van der Waals surface area contributed by atoms with E-state index in [-0.39, 0.29) is 0 Å². The summed E-state index contributed by atoms with van der Waals surface area (Å²) in [4.78, 5) is 2.80. The molecule has 2 nitrogen and oxygen atoms in total. The first kappa shape index (κ1) is 12.0. The minimum absolute atomic E-state index is 0.771. The van der Waals surface area contributed by atoms with E-state index in [2.05, 4.69) is 17.3 Å². The van der Waals surface area contributed by atoms with Crippen LogP contribution in [0.5, 0.6) is 0 Å². The lowest BCUT2D eigenvalue weighted by Gasteiger charge is -2.43. The maximum atomic E-state index is 3.53. The third-order valence-electron chi connectivity index (χ3n) is 5.84. The van der Waals surface area contributed by atoms with Gasteiger partial charge in [0.05, 0.1) is 0 Å². The minimum Gasteiger partial charge on any atom is -0.315 e. The van der Waals surface area contributed by atoms with Gasteiger partial charge in [-0.2, -0.15) is 0 Å². The molecule has 3 aliphatic rings. The Morgan fingerprint density at radius 1 is 0.941 bits per heavy atom. The molecule has 0 aromatic carbocycles. The fraction of sp³-hybridized carbons (Fsp3) is 1.00. The second-order valence-electron chi connectivity index (χ2n) is 6.64. The highest BCUT2D eigenvalue weighted by atomic mass is 15.2. The molecule has 17 heavy (non-hydrogen) atoms. The first-order chi connectivity index (χ1) is 8.33. The van der Waals surface area contributed by atoms with Gasteiger partial charge in [-0.15, -0.1) is 0 Å². The number of rotatable bonds is 2. The van der Waals surface area contributed by atoms with Crippen molar-refractivity contribution in [1.82, 2.24) is 10.2 Å². The largest absolute Gasteiger partial charge is 0.315 e. The zero-order valence-electron chi connectivity index (χ0n) is 11.4. The van der Waals surface area contributed by atoms with E-state index in [1.54, 1.807) is 0 Å². The van der Waals surface area contributed by atoms with Gasteiger partial charge in [0.25, 0.3) is 0 Å². The Morgan fingerprint density at radius 2 is 1.65 bits per heavy atom. The van der Waals surface area contributed by atoms with E-state index in [1.165, 1.54) is 70.9 Å². The normalized spacial score (nSPS) is 37.9. The Morgan fingerprint density at radius 3 is 2.29 bits per heavy atom. The van der Waals surface area contributed by atoms with Crippen LogP contribution in [0.2, 0.25) is 0 Å². The summed E-state index contributed by atoms with van der Waals surface area (Å²) in [5.74, 6) is 0. The molecule has 2 aliphatic carbocycles. The second kappa shape index (κ2) is 4.89. The molecule has 1 heterocycles. The minimum atomic E-state index is 0.771. The van der Waals surface area contributed by atoms with Crippen LogP contribution in [0.25, 0.3) is 0 Å². The van der Waals surface area contributed by atoms with Gasteiger partial charge in [0, 0.05) is 12.1 Å². The zero-order valence-corrected chi connectivity index (χ0v) is 11.4. The van der Waals surface area contributed by atoms with E-state index in [1.807, 2.05) is 0 Å². The summed E-state index contributed by atoms with van der Waals surface area (Å²) in [6.07, 6.45) is 13.3. The highest BCUT2D eigenvalue weighted by Gasteiger charge is 2.40. The average molecular weight is 236 g/mol. The molecule has 1 aliphatic heterocycles. The van der Waals surface area contributed by atoms with Crippen LogP contribution in [0.1, 0.15) is 57.8 Å². The summed E-state index contributed by atoms with van der Waals surface area (Å²) >= 11 is 0. The molecule has 0 aromatic heterocycles. The standard InChI is InChI=1S/C15H28N2/c1-16-13-5-4-6-14(13)17-11-9-15(10-12-17)7-2-3-8-15/h13-14,16H,2-12H2,1H3. The van der Waals surface area contributed by atoms with Gasteiger partial charge in [-0.3, -0.25) is 4.90 Å². The van der Waals surface area contributed by atoms with Crippen molar-refractivity contribution in [3.05, 3.63) is 0 Å². The summed E-state index contributed by atoms with van der Waals surface area (Å²) in [5.41, 5.74) is 0.782. The monoisotopic (exact) mass is 236 g/mol. The van der Waals surface area contributed by atoms with E-state index in [4.69, 9.17) is 0 Å². The third-order valence-corrected chi connectivity index (χ3v) is 5.84. The van der Waals surface area contributed by atoms with Crippen LogP contribution in [0, 0.1) is 5.41 Å². The van der Waals surface area contributed by atoms with Crippen LogP contribution in [0.4, 0.5) is 0 Å². The lowest BCUT2D eigenvalue weighted by molar-refractivity contribution is 0.0691. The molecule has 0 amide bonds. The molecule has 0 bridgehead atoms. The number of hydrogen-bond acceptors (Lipinski definition) is 2. The number of likely N-dealkylation sites (N-methyl/N-ethyl adjacent to an activating group) is 1. The molecule has 3 fully saturated rings. The fourth-order valence-electron chi connectivity index (χ4n) is 4.67. The van der Waals surface area contributed by atoms with Gasteiger partial charge >= 0.3 is 0 Å². The number of hydrogen-bond donors (Lipinski definition) is 1. The lowest BCUT2D eigenvalue weighted by Crippen LogP contribution is -2.50. The quantitative estimate of drug-likeness (QED) is 0.793. The molecule has 2 saturated carbocycles. The van der Waals surface area contributed by atoms with E-state index in [0.717, 1.165) is 17.5 Å². The molecular formula is C15H28N2. The van der Waals surface area contributed by atoms with Gasteiger partial charge < -0.3 is 5.32 Å². The third kappa shape index (κ3) is 2.26. The highest BCUT2D eigenvalue weighted by Crippen LogP contribution is 2.46. The Hall–Kier alpha value is -0.0800. The van der Waals surface area contributed by atoms with Crippen LogP contribution in [0.15, 0.2) is 0 Å². The predicted molar refractivity (Wildman–Crippen MR) is 72.2 cm³/mol. The van der Waals surface area contributed by atoms with Crippen molar-refractivity contribution in [1.29, 1.82) is 0 Å². The summed E-state index contributed by atoms with van der Waals surface area (Å²) in [7, 11) is 2.14. The van der Waals surface area contributed by atoms with E-state index >= 15 is 0 Å². The summed E-state index contributed by atoms with van der Waals surface area (Å²) in [6, 6.07) is 1.62. The molecule has 1 saturated heterocycles. The van der Waals surface area contributed by atoms with Gasteiger partial charge in [-0.05, 0) is 64.1 Å².